The van der Waals surface area contributed by atoms with Crippen molar-refractivity contribution in [2.75, 3.05) is 20.2 Å². The third-order valence-corrected chi connectivity index (χ3v) is 11.6. The van der Waals surface area contributed by atoms with Gasteiger partial charge in [-0.05, 0) is 82.5 Å². The van der Waals surface area contributed by atoms with E-state index < -0.39 is 72.0 Å². The van der Waals surface area contributed by atoms with Crippen LogP contribution < -0.4 is 27.0 Å². The fourth-order valence-electron chi connectivity index (χ4n) is 8.48. The van der Waals surface area contributed by atoms with Gasteiger partial charge in [-0.2, -0.15) is 0 Å². The Morgan fingerprint density at radius 1 is 0.918 bits per heavy atom. The first-order chi connectivity index (χ1) is 23.3. The molecule has 0 aromatic heterocycles. The monoisotopic (exact) mass is 690 g/mol. The number of hydrogen-bond acceptors (Lipinski definition) is 8. The number of rotatable bonds is 7. The van der Waals surface area contributed by atoms with Crippen molar-refractivity contribution in [1.82, 2.24) is 26.2 Å². The fourth-order valence-corrected chi connectivity index (χ4v) is 8.48. The highest BCUT2D eigenvalue weighted by atomic mass is 16.5. The van der Waals surface area contributed by atoms with E-state index in [0.29, 0.717) is 30.6 Å². The van der Waals surface area contributed by atoms with Crippen molar-refractivity contribution in [2.24, 2.45) is 28.9 Å². The summed E-state index contributed by atoms with van der Waals surface area (Å²) in [5.74, 6) is -2.79. The van der Waals surface area contributed by atoms with Crippen molar-refractivity contribution in [3.63, 3.8) is 0 Å². The number of likely N-dealkylation sites (N-methyl/N-ethyl adjacent to an activating group) is 1. The van der Waals surface area contributed by atoms with Crippen molar-refractivity contribution in [3.05, 3.63) is 0 Å². The molecular formula is C36H62N6O7. The number of carbonyl (C=O) groups is 5. The molecule has 4 fully saturated rings. The van der Waals surface area contributed by atoms with Crippen LogP contribution in [-0.2, 0) is 28.7 Å². The van der Waals surface area contributed by atoms with E-state index >= 15 is 0 Å². The molecule has 1 saturated heterocycles. The van der Waals surface area contributed by atoms with Gasteiger partial charge in [0.25, 0.3) is 0 Å². The van der Waals surface area contributed by atoms with Crippen molar-refractivity contribution < 1.29 is 33.8 Å². The molecule has 3 aliphatic carbocycles. The predicted octanol–water partition coefficient (Wildman–Crippen LogP) is 1.50. The molecule has 278 valence electrons. The number of aliphatic hydroxyl groups excluding tert-OH is 1. The minimum absolute atomic E-state index is 0.111. The third-order valence-electron chi connectivity index (χ3n) is 11.6. The van der Waals surface area contributed by atoms with Crippen LogP contribution in [0.25, 0.3) is 0 Å². The van der Waals surface area contributed by atoms with Crippen molar-refractivity contribution in [3.8, 4) is 0 Å². The van der Waals surface area contributed by atoms with Crippen LogP contribution in [0.1, 0.15) is 111 Å². The normalized spacial score (nSPS) is 33.9. The molecule has 1 aliphatic heterocycles. The molecule has 0 bridgehead atoms. The lowest BCUT2D eigenvalue weighted by atomic mass is 9.51. The zero-order chi connectivity index (χ0) is 35.9. The molecule has 13 nitrogen and oxygen atoms in total. The number of amides is 5. The van der Waals surface area contributed by atoms with Gasteiger partial charge in [0, 0.05) is 19.6 Å². The van der Waals surface area contributed by atoms with E-state index in [-0.39, 0.29) is 25.0 Å². The first kappa shape index (κ1) is 39.0. The van der Waals surface area contributed by atoms with Crippen molar-refractivity contribution in [2.45, 2.75) is 154 Å². The topological polar surface area (TPSA) is 192 Å². The second kappa shape index (κ2) is 17.4. The number of aliphatic hydroxyl groups is 1. The molecule has 13 heteroatoms. The molecule has 0 aromatic rings. The van der Waals surface area contributed by atoms with E-state index in [0.717, 1.165) is 44.9 Å². The number of hydrogen-bond donors (Lipinski definition) is 6. The van der Waals surface area contributed by atoms with Crippen LogP contribution in [-0.4, -0.2) is 102 Å². The molecule has 4 aliphatic rings. The maximum atomic E-state index is 14.2. The third kappa shape index (κ3) is 9.72. The minimum atomic E-state index is -1.31. The summed E-state index contributed by atoms with van der Waals surface area (Å²) in [4.78, 5) is 70.3. The average Bonchev–Trinajstić information content (AvgIpc) is 3.04. The Morgan fingerprint density at radius 2 is 1.59 bits per heavy atom. The van der Waals surface area contributed by atoms with Crippen LogP contribution in [0.3, 0.4) is 0 Å². The number of carbonyl (C=O) groups excluding carboxylic acids is 5. The Morgan fingerprint density at radius 3 is 2.16 bits per heavy atom. The smallest absolute Gasteiger partial charge is 0.245 e. The molecule has 0 unspecified atom stereocenters. The van der Waals surface area contributed by atoms with Crippen LogP contribution >= 0.6 is 0 Å². The molecule has 1 heterocycles. The van der Waals surface area contributed by atoms with E-state index in [4.69, 9.17) is 10.5 Å². The number of nitrogens with one attached hydrogen (secondary N) is 4. The summed E-state index contributed by atoms with van der Waals surface area (Å²) < 4.78 is 6.43. The highest BCUT2D eigenvalue weighted by Crippen LogP contribution is 2.60. The summed E-state index contributed by atoms with van der Waals surface area (Å²) in [6, 6.07) is -4.78. The lowest BCUT2D eigenvalue weighted by molar-refractivity contribution is -0.148. The Balaban J connectivity index is 1.64. The molecule has 0 radical (unpaired) electrons. The van der Waals surface area contributed by atoms with Crippen molar-refractivity contribution in [1.29, 1.82) is 0 Å². The molecule has 5 amide bonds. The largest absolute Gasteiger partial charge is 0.391 e. The highest BCUT2D eigenvalue weighted by Gasteiger charge is 2.49. The van der Waals surface area contributed by atoms with Gasteiger partial charge in [-0.15, -0.1) is 0 Å². The lowest BCUT2D eigenvalue weighted by Gasteiger charge is -2.55. The fraction of sp³-hybridized carbons (Fsp3) is 0.861. The van der Waals surface area contributed by atoms with Crippen LogP contribution in [0.2, 0.25) is 0 Å². The quantitative estimate of drug-likeness (QED) is 0.232. The molecule has 8 atom stereocenters. The standard InChI is InChI=1S/C36H62N6O7/c1-6-11-27-32(45)41-30(25-12-8-7-9-13-25)34(47)39-26(19-37)31(44)40-29(23(4)43)33(46)38-21(2)20-49-28(22(3)35(48)42(27)5)16-24-17-36(18-24)14-10-15-36/h21-30,43H,6-20,37H2,1-5H3,(H,38,46)(H,39,47)(H,40,44)(H,41,45)/t21-,22-,23+,26+,27+,28-,29+,30+/m1/s1. The van der Waals surface area contributed by atoms with Gasteiger partial charge in [0.2, 0.25) is 29.5 Å². The van der Waals surface area contributed by atoms with E-state index in [1.165, 1.54) is 31.1 Å². The van der Waals surface area contributed by atoms with Gasteiger partial charge in [-0.25, -0.2) is 0 Å². The van der Waals surface area contributed by atoms with Crippen LogP contribution in [0.4, 0.5) is 0 Å². The van der Waals surface area contributed by atoms with Gasteiger partial charge in [0.1, 0.15) is 24.2 Å². The Bertz CT molecular complexity index is 1160. The molecular weight excluding hydrogens is 628 g/mol. The summed E-state index contributed by atoms with van der Waals surface area (Å²) in [5.41, 5.74) is 6.39. The van der Waals surface area contributed by atoms with Gasteiger partial charge in [-0.1, -0.05) is 46.0 Å². The van der Waals surface area contributed by atoms with Crippen LogP contribution in [0.15, 0.2) is 0 Å². The Labute approximate surface area is 292 Å². The predicted molar refractivity (Wildman–Crippen MR) is 185 cm³/mol. The SMILES string of the molecule is CCC[C@H]1C(=O)N[C@@H](C2CCCCC2)C(=O)N[C@@H](CN)C(=O)N[C@@H]([C@H](C)O)C(=O)N[C@H](C)CO[C@H](CC2CC3(CCC3)C2)[C@@H](C)C(=O)N1C. The summed E-state index contributed by atoms with van der Waals surface area (Å²) in [6.07, 6.45) is 10.4. The first-order valence-electron chi connectivity index (χ1n) is 18.8. The highest BCUT2D eigenvalue weighted by molar-refractivity contribution is 5.96. The van der Waals surface area contributed by atoms with Gasteiger partial charge >= 0.3 is 0 Å². The number of nitrogens with zero attached hydrogens (tertiary/aromatic N) is 1. The van der Waals surface area contributed by atoms with E-state index in [1.807, 2.05) is 13.8 Å². The Kier molecular flexibility index (Phi) is 13.9. The van der Waals surface area contributed by atoms with Gasteiger partial charge in [0.05, 0.1) is 24.7 Å². The molecule has 49 heavy (non-hydrogen) atoms. The second-order valence-corrected chi connectivity index (χ2v) is 15.6. The minimum Gasteiger partial charge on any atom is -0.391 e. The molecule has 1 spiro atoms. The van der Waals surface area contributed by atoms with Gasteiger partial charge in [0.15, 0.2) is 0 Å². The van der Waals surface area contributed by atoms with Crippen molar-refractivity contribution >= 4 is 29.5 Å². The van der Waals surface area contributed by atoms with Crippen LogP contribution in [0.5, 0.6) is 0 Å². The van der Waals surface area contributed by atoms with E-state index in [2.05, 4.69) is 21.3 Å². The number of nitrogens with two attached hydrogens (primary N) is 1. The summed E-state index contributed by atoms with van der Waals surface area (Å²) in [6.45, 7) is 6.80. The zero-order valence-corrected chi connectivity index (χ0v) is 30.3. The molecule has 3 saturated carbocycles. The lowest BCUT2D eigenvalue weighted by Crippen LogP contribution is -2.62. The Hall–Kier alpha value is -2.77. The number of ether oxygens (including phenoxy) is 1. The summed E-state index contributed by atoms with van der Waals surface area (Å²) in [7, 11) is 1.65. The van der Waals surface area contributed by atoms with Crippen LogP contribution in [0, 0.1) is 23.2 Å². The first-order valence-corrected chi connectivity index (χ1v) is 18.8. The molecule has 4 rings (SSSR count). The van der Waals surface area contributed by atoms with Gasteiger partial charge in [-0.3, -0.25) is 24.0 Å². The maximum absolute atomic E-state index is 14.2. The summed E-state index contributed by atoms with van der Waals surface area (Å²) in [5, 5.41) is 21.5. The molecule has 7 N–H and O–H groups in total. The van der Waals surface area contributed by atoms with E-state index in [1.54, 1.807) is 14.0 Å². The second-order valence-electron chi connectivity index (χ2n) is 15.6. The van der Waals surface area contributed by atoms with Gasteiger partial charge < -0.3 is 41.7 Å². The average molecular weight is 691 g/mol. The zero-order valence-electron chi connectivity index (χ0n) is 30.3. The summed E-state index contributed by atoms with van der Waals surface area (Å²) >= 11 is 0. The maximum Gasteiger partial charge on any atom is 0.245 e. The van der Waals surface area contributed by atoms with E-state index in [9.17, 15) is 29.1 Å². The molecule has 0 aromatic carbocycles.